The molecule has 0 aliphatic carbocycles. The van der Waals surface area contributed by atoms with Gasteiger partial charge in [-0.15, -0.1) is 0 Å². The van der Waals surface area contributed by atoms with E-state index in [1.165, 1.54) is 28.8 Å². The van der Waals surface area contributed by atoms with Gasteiger partial charge in [0.2, 0.25) is 5.13 Å². The topological polar surface area (TPSA) is 67.9 Å². The summed E-state index contributed by atoms with van der Waals surface area (Å²) in [6.45, 7) is 0. The molecule has 1 amide bonds. The molecular weight excluding hydrogens is 398 g/mol. The number of carbonyl (C=O) groups excluding carboxylic acids is 1. The number of rotatable bonds is 5. The number of furan rings is 1. The molecule has 0 atom stereocenters. The summed E-state index contributed by atoms with van der Waals surface area (Å²) in [5.41, 5.74) is 1.19. The minimum absolute atomic E-state index is 0.324. The third kappa shape index (κ3) is 3.76. The number of hydrazone groups is 1. The quantitative estimate of drug-likeness (QED) is 0.333. The molecule has 0 aliphatic rings. The van der Waals surface area contributed by atoms with Gasteiger partial charge < -0.3 is 9.15 Å². The third-order valence-corrected chi connectivity index (χ3v) is 5.12. The Bertz CT molecular complexity index is 1140. The maximum absolute atomic E-state index is 13.1. The molecule has 0 bridgehead atoms. The number of nitrogens with zero attached hydrogens (tertiary/aromatic N) is 3. The Labute approximate surface area is 169 Å². The van der Waals surface area contributed by atoms with Gasteiger partial charge in [-0.2, -0.15) is 10.1 Å². The number of methoxy groups -OCH3 is 1. The van der Waals surface area contributed by atoms with Crippen molar-refractivity contribution in [2.75, 3.05) is 12.1 Å². The number of halogens is 1. The first-order valence-electron chi connectivity index (χ1n) is 8.26. The second-order valence-electron chi connectivity index (χ2n) is 5.71. The fourth-order valence-corrected chi connectivity index (χ4v) is 3.70. The van der Waals surface area contributed by atoms with Crippen LogP contribution in [0.1, 0.15) is 16.1 Å². The van der Waals surface area contributed by atoms with Crippen molar-refractivity contribution in [2.45, 2.75) is 0 Å². The highest BCUT2D eigenvalue weighted by Gasteiger charge is 2.21. The molecule has 2 aromatic heterocycles. The first kappa shape index (κ1) is 18.2. The van der Waals surface area contributed by atoms with Crippen molar-refractivity contribution in [1.82, 2.24) is 4.98 Å². The van der Waals surface area contributed by atoms with Crippen molar-refractivity contribution in [2.24, 2.45) is 5.10 Å². The van der Waals surface area contributed by atoms with E-state index in [0.717, 1.165) is 10.2 Å². The molecule has 0 N–H and O–H groups in total. The molecule has 0 radical (unpaired) electrons. The number of ether oxygens (including phenoxy) is 1. The van der Waals surface area contributed by atoms with Crippen LogP contribution in [0.25, 0.3) is 10.2 Å². The van der Waals surface area contributed by atoms with Gasteiger partial charge in [0.15, 0.2) is 0 Å². The zero-order valence-corrected chi connectivity index (χ0v) is 16.3. The minimum atomic E-state index is -0.324. The smallest absolute Gasteiger partial charge is 0.280 e. The van der Waals surface area contributed by atoms with E-state index >= 15 is 0 Å². The fraction of sp³-hybridized carbons (Fsp3) is 0.0500. The second-order valence-corrected chi connectivity index (χ2v) is 7.16. The van der Waals surface area contributed by atoms with Crippen molar-refractivity contribution < 1.29 is 13.9 Å². The highest BCUT2D eigenvalue weighted by Crippen LogP contribution is 2.32. The Morgan fingerprint density at radius 3 is 2.79 bits per heavy atom. The summed E-state index contributed by atoms with van der Waals surface area (Å²) in [6, 6.07) is 15.7. The molecule has 0 spiro atoms. The Hall–Kier alpha value is -3.16. The van der Waals surface area contributed by atoms with E-state index in [0.29, 0.717) is 27.2 Å². The van der Waals surface area contributed by atoms with Crippen LogP contribution in [-0.2, 0) is 0 Å². The molecule has 28 heavy (non-hydrogen) atoms. The average Bonchev–Trinajstić information content (AvgIpc) is 3.37. The summed E-state index contributed by atoms with van der Waals surface area (Å²) in [7, 11) is 1.57. The molecule has 8 heteroatoms. The Morgan fingerprint density at radius 1 is 1.25 bits per heavy atom. The Kier molecular flexibility index (Phi) is 5.10. The first-order valence-corrected chi connectivity index (χ1v) is 9.45. The van der Waals surface area contributed by atoms with Crippen molar-refractivity contribution in [3.8, 4) is 5.75 Å². The van der Waals surface area contributed by atoms with Crippen LogP contribution < -0.4 is 9.75 Å². The van der Waals surface area contributed by atoms with E-state index in [1.54, 1.807) is 49.6 Å². The van der Waals surface area contributed by atoms with E-state index in [4.69, 9.17) is 20.8 Å². The summed E-state index contributed by atoms with van der Waals surface area (Å²) in [5, 5.41) is 6.61. The second kappa shape index (κ2) is 7.84. The van der Waals surface area contributed by atoms with Crippen LogP contribution in [0.5, 0.6) is 5.75 Å². The van der Waals surface area contributed by atoms with Gasteiger partial charge >= 0.3 is 0 Å². The zero-order valence-electron chi connectivity index (χ0n) is 14.7. The molecule has 140 valence electrons. The van der Waals surface area contributed by atoms with Crippen molar-refractivity contribution in [1.29, 1.82) is 0 Å². The van der Waals surface area contributed by atoms with Gasteiger partial charge in [0.25, 0.3) is 5.91 Å². The van der Waals surface area contributed by atoms with Crippen molar-refractivity contribution >= 4 is 50.4 Å². The van der Waals surface area contributed by atoms with Gasteiger partial charge in [0.05, 0.1) is 29.8 Å². The number of carbonyl (C=O) groups is 1. The first-order chi connectivity index (χ1) is 13.6. The normalized spacial score (nSPS) is 11.2. The average molecular weight is 412 g/mol. The van der Waals surface area contributed by atoms with Crippen molar-refractivity contribution in [3.05, 3.63) is 77.2 Å². The lowest BCUT2D eigenvalue weighted by Crippen LogP contribution is -2.25. The van der Waals surface area contributed by atoms with E-state index in [-0.39, 0.29) is 5.91 Å². The number of hydrogen-bond donors (Lipinski definition) is 0. The molecule has 4 rings (SSSR count). The summed E-state index contributed by atoms with van der Waals surface area (Å²) < 4.78 is 11.3. The summed E-state index contributed by atoms with van der Waals surface area (Å²) in [5.74, 6) is 0.865. The van der Waals surface area contributed by atoms with Crippen LogP contribution >= 0.6 is 22.9 Å². The summed E-state index contributed by atoms with van der Waals surface area (Å²) in [4.78, 5) is 17.7. The third-order valence-electron chi connectivity index (χ3n) is 3.89. The van der Waals surface area contributed by atoms with Gasteiger partial charge in [-0.05, 0) is 54.6 Å². The Morgan fingerprint density at radius 2 is 2.07 bits per heavy atom. The molecule has 0 saturated carbocycles. The SMILES string of the molecule is COc1ccc(C(=O)N(/N=C/c2ccco2)c2nc3ccc(Cl)cc3s2)cc1. The maximum Gasteiger partial charge on any atom is 0.280 e. The molecule has 0 saturated heterocycles. The highest BCUT2D eigenvalue weighted by atomic mass is 35.5. The fourth-order valence-electron chi connectivity index (χ4n) is 2.50. The van der Waals surface area contributed by atoms with Crippen LogP contribution in [0.4, 0.5) is 5.13 Å². The summed E-state index contributed by atoms with van der Waals surface area (Å²) >= 11 is 7.40. The van der Waals surface area contributed by atoms with Gasteiger partial charge in [-0.3, -0.25) is 4.79 Å². The highest BCUT2D eigenvalue weighted by molar-refractivity contribution is 7.22. The van der Waals surface area contributed by atoms with Gasteiger partial charge in [0.1, 0.15) is 11.5 Å². The van der Waals surface area contributed by atoms with Crippen LogP contribution in [0.3, 0.4) is 0 Å². The molecule has 2 aromatic carbocycles. The number of fused-ring (bicyclic) bond motifs is 1. The van der Waals surface area contributed by atoms with E-state index in [1.807, 2.05) is 12.1 Å². The number of aromatic nitrogens is 1. The van der Waals surface area contributed by atoms with E-state index in [9.17, 15) is 4.79 Å². The van der Waals surface area contributed by atoms with Crippen molar-refractivity contribution in [3.63, 3.8) is 0 Å². The van der Waals surface area contributed by atoms with E-state index in [2.05, 4.69) is 10.1 Å². The van der Waals surface area contributed by atoms with Gasteiger partial charge in [-0.1, -0.05) is 22.9 Å². The van der Waals surface area contributed by atoms with Crippen LogP contribution in [0.2, 0.25) is 5.02 Å². The minimum Gasteiger partial charge on any atom is -0.497 e. The summed E-state index contributed by atoms with van der Waals surface area (Å²) in [6.07, 6.45) is 3.01. The lowest BCUT2D eigenvalue weighted by atomic mass is 10.2. The standard InChI is InChI=1S/C20H14ClN3O3S/c1-26-15-7-4-13(5-8-15)19(25)24(22-12-16-3-2-10-27-16)20-23-17-9-6-14(21)11-18(17)28-20/h2-12H,1H3/b22-12+. The number of hydrogen-bond acceptors (Lipinski definition) is 6. The number of anilines is 1. The largest absolute Gasteiger partial charge is 0.497 e. The maximum atomic E-state index is 13.1. The molecule has 0 fully saturated rings. The molecule has 0 unspecified atom stereocenters. The molecule has 6 nitrogen and oxygen atoms in total. The molecular formula is C20H14ClN3O3S. The number of amides is 1. The molecule has 4 aromatic rings. The lowest BCUT2D eigenvalue weighted by molar-refractivity contribution is 0.0988. The van der Waals surface area contributed by atoms with Gasteiger partial charge in [-0.25, -0.2) is 4.98 Å². The number of thiazole rings is 1. The van der Waals surface area contributed by atoms with Crippen LogP contribution in [0.15, 0.2) is 70.4 Å². The molecule has 2 heterocycles. The lowest BCUT2D eigenvalue weighted by Gasteiger charge is -2.13. The molecule has 0 aliphatic heterocycles. The number of benzene rings is 2. The predicted molar refractivity (Wildman–Crippen MR) is 111 cm³/mol. The zero-order chi connectivity index (χ0) is 19.5. The van der Waals surface area contributed by atoms with E-state index < -0.39 is 0 Å². The Balaban J connectivity index is 1.74. The van der Waals surface area contributed by atoms with Crippen LogP contribution in [-0.4, -0.2) is 24.2 Å². The monoisotopic (exact) mass is 411 g/mol. The predicted octanol–water partition coefficient (Wildman–Crippen LogP) is 5.23. The van der Waals surface area contributed by atoms with Crippen LogP contribution in [0, 0.1) is 0 Å². The van der Waals surface area contributed by atoms with Gasteiger partial charge in [0, 0.05) is 10.6 Å².